The lowest BCUT2D eigenvalue weighted by Crippen LogP contribution is -2.33. The Morgan fingerprint density at radius 3 is 2.53 bits per heavy atom. The summed E-state index contributed by atoms with van der Waals surface area (Å²) in [5.74, 6) is -1.82. The van der Waals surface area contributed by atoms with Crippen LogP contribution in [0, 0.1) is 0 Å². The van der Waals surface area contributed by atoms with Gasteiger partial charge in [-0.05, 0) is 6.42 Å². The Kier molecular flexibility index (Phi) is 8.81. The zero-order valence-corrected chi connectivity index (χ0v) is 18.2. The van der Waals surface area contributed by atoms with Crippen LogP contribution in [0.5, 0.6) is 0 Å². The molecular formula is C15H24N7O11P. The molecular weight excluding hydrogens is 485 g/mol. The number of phosphoric acid groups is 1. The average Bonchev–Trinajstić information content (AvgIpc) is 3.26. The zero-order chi connectivity index (χ0) is 25.8. The van der Waals surface area contributed by atoms with Gasteiger partial charge in [-0.1, -0.05) is 0 Å². The monoisotopic (exact) mass is 509 g/mol. The minimum Gasteiger partial charge on any atom is -0.480 e. The predicted molar refractivity (Wildman–Crippen MR) is 111 cm³/mol. The maximum Gasteiger partial charge on any atom is 0.469 e. The standard InChI is InChI=1S/C10H14N5O8P.C5H10N2O3/c11-10-13-7-4(8(18)14-10)12-2-15(7)9-6(17)5(16)3(23-9)1-22-24(19,20)21;6-3(5(9)10)1-2-4(7)8/h2-3,5-6,9,16-17H,1H2,(H2,19,20,21)(H3,11,13,14,18);3H,1-2,6H2,(H2,7,8)(H,9,10)/t3-,5-,6-,9-;/m1./s1. The summed E-state index contributed by atoms with van der Waals surface area (Å²) in [5.41, 5.74) is 14.7. The molecule has 2 aromatic rings. The Bertz CT molecular complexity index is 1130. The number of imidazole rings is 1. The van der Waals surface area contributed by atoms with Gasteiger partial charge in [0.25, 0.3) is 5.56 Å². The van der Waals surface area contributed by atoms with E-state index in [2.05, 4.69) is 19.5 Å². The van der Waals surface area contributed by atoms with E-state index in [1.807, 2.05) is 0 Å². The number of nitrogens with zero attached hydrogens (tertiary/aromatic N) is 3. The molecule has 0 saturated carbocycles. The molecule has 1 aliphatic rings. The van der Waals surface area contributed by atoms with Gasteiger partial charge in [-0.15, -0.1) is 0 Å². The number of carboxylic acids is 1. The average molecular weight is 509 g/mol. The van der Waals surface area contributed by atoms with Crippen molar-refractivity contribution in [1.29, 1.82) is 0 Å². The lowest BCUT2D eigenvalue weighted by molar-refractivity contribution is -0.138. The van der Waals surface area contributed by atoms with Crippen molar-refractivity contribution in [1.82, 2.24) is 19.5 Å². The van der Waals surface area contributed by atoms with Crippen molar-refractivity contribution in [2.24, 2.45) is 11.5 Å². The molecule has 3 rings (SSSR count). The molecule has 2 aromatic heterocycles. The molecule has 0 bridgehead atoms. The van der Waals surface area contributed by atoms with Crippen LogP contribution in [-0.4, -0.2) is 87.5 Å². The number of nitrogens with one attached hydrogen (secondary N) is 1. The highest BCUT2D eigenvalue weighted by Gasteiger charge is 2.45. The summed E-state index contributed by atoms with van der Waals surface area (Å²) in [7, 11) is -4.76. The first-order valence-electron chi connectivity index (χ1n) is 9.42. The number of aliphatic hydroxyl groups excluding tert-OH is 2. The Balaban J connectivity index is 0.000000347. The van der Waals surface area contributed by atoms with Crippen molar-refractivity contribution in [3.8, 4) is 0 Å². The highest BCUT2D eigenvalue weighted by Crippen LogP contribution is 2.38. The summed E-state index contributed by atoms with van der Waals surface area (Å²) in [6.45, 7) is -0.651. The Hall–Kier alpha value is -2.96. The van der Waals surface area contributed by atoms with Crippen molar-refractivity contribution in [2.75, 3.05) is 12.3 Å². The minimum absolute atomic E-state index is 0.0176. The molecule has 5 atom stereocenters. The van der Waals surface area contributed by atoms with Gasteiger partial charge in [-0.2, -0.15) is 4.98 Å². The summed E-state index contributed by atoms with van der Waals surface area (Å²) in [4.78, 5) is 59.3. The first-order valence-corrected chi connectivity index (χ1v) is 10.9. The van der Waals surface area contributed by atoms with Gasteiger partial charge in [0.2, 0.25) is 11.9 Å². The number of aliphatic hydroxyl groups is 2. The molecule has 190 valence electrons. The molecule has 0 spiro atoms. The highest BCUT2D eigenvalue weighted by molar-refractivity contribution is 7.46. The van der Waals surface area contributed by atoms with E-state index in [0.29, 0.717) is 0 Å². The van der Waals surface area contributed by atoms with Crippen LogP contribution in [0.15, 0.2) is 11.1 Å². The summed E-state index contributed by atoms with van der Waals surface area (Å²) < 4.78 is 21.6. The van der Waals surface area contributed by atoms with E-state index < -0.39 is 62.4 Å². The van der Waals surface area contributed by atoms with E-state index in [-0.39, 0.29) is 30.0 Å². The molecule has 12 N–H and O–H groups in total. The fourth-order valence-corrected chi connectivity index (χ4v) is 3.16. The minimum atomic E-state index is -4.76. The van der Waals surface area contributed by atoms with E-state index in [4.69, 9.17) is 36.8 Å². The number of aromatic nitrogens is 4. The third kappa shape index (κ3) is 7.02. The number of nitrogen functional groups attached to an aromatic ring is 1. The largest absolute Gasteiger partial charge is 0.480 e. The summed E-state index contributed by atoms with van der Waals surface area (Å²) in [6.07, 6.45) is -4.09. The van der Waals surface area contributed by atoms with Crippen LogP contribution in [0.4, 0.5) is 5.95 Å². The van der Waals surface area contributed by atoms with Gasteiger partial charge in [-0.25, -0.2) is 9.55 Å². The number of H-pyrrole nitrogens is 1. The van der Waals surface area contributed by atoms with E-state index in [9.17, 15) is 29.2 Å². The quantitative estimate of drug-likeness (QED) is 0.153. The number of aliphatic carboxylic acids is 1. The number of carboxylic acid groups (broad SMARTS) is 1. The van der Waals surface area contributed by atoms with Crippen LogP contribution in [0.25, 0.3) is 11.2 Å². The molecule has 3 heterocycles. The summed E-state index contributed by atoms with van der Waals surface area (Å²) in [5, 5.41) is 28.3. The molecule has 1 saturated heterocycles. The molecule has 0 radical (unpaired) electrons. The first-order chi connectivity index (χ1) is 15.7. The van der Waals surface area contributed by atoms with Crippen LogP contribution >= 0.6 is 7.82 Å². The van der Waals surface area contributed by atoms with Crippen molar-refractivity contribution >= 4 is 36.8 Å². The van der Waals surface area contributed by atoms with Crippen LogP contribution in [0.3, 0.4) is 0 Å². The number of hydrogen-bond donors (Lipinski definition) is 9. The second kappa shape index (κ2) is 11.0. The number of amides is 1. The number of carbonyl (C=O) groups is 2. The zero-order valence-electron chi connectivity index (χ0n) is 17.3. The maximum absolute atomic E-state index is 11.7. The van der Waals surface area contributed by atoms with Crippen molar-refractivity contribution in [3.05, 3.63) is 16.7 Å². The molecule has 34 heavy (non-hydrogen) atoms. The van der Waals surface area contributed by atoms with Gasteiger partial charge in [0.1, 0.15) is 24.4 Å². The van der Waals surface area contributed by atoms with Crippen molar-refractivity contribution in [3.63, 3.8) is 0 Å². The van der Waals surface area contributed by atoms with Crippen molar-refractivity contribution < 1.29 is 48.5 Å². The third-order valence-corrected chi connectivity index (χ3v) is 4.97. The number of fused-ring (bicyclic) bond motifs is 1. The number of phosphoric ester groups is 1. The topological polar surface area (TPSA) is 312 Å². The molecule has 1 amide bonds. The van der Waals surface area contributed by atoms with Crippen LogP contribution in [0.1, 0.15) is 19.1 Å². The van der Waals surface area contributed by atoms with Crippen LogP contribution in [0.2, 0.25) is 0 Å². The Morgan fingerprint density at radius 2 is 1.97 bits per heavy atom. The van der Waals surface area contributed by atoms with E-state index in [1.54, 1.807) is 0 Å². The van der Waals surface area contributed by atoms with Gasteiger partial charge in [0.15, 0.2) is 17.4 Å². The number of primary amides is 1. The highest BCUT2D eigenvalue weighted by atomic mass is 31.2. The fraction of sp³-hybridized carbons (Fsp3) is 0.533. The molecule has 0 aromatic carbocycles. The number of rotatable bonds is 8. The maximum atomic E-state index is 11.7. The second-order valence-corrected chi connectivity index (χ2v) is 8.30. The van der Waals surface area contributed by atoms with E-state index >= 15 is 0 Å². The normalized spacial score (nSPS) is 23.3. The molecule has 1 unspecified atom stereocenters. The molecule has 18 nitrogen and oxygen atoms in total. The SMILES string of the molecule is NC(=O)CCC(N)C(=O)O.Nc1nc2c(ncn2[C@@H]2O[C@H](COP(=O)(O)O)[C@@H](O)[C@H]2O)c(=O)[nH]1. The molecule has 1 fully saturated rings. The predicted octanol–water partition coefficient (Wildman–Crippen LogP) is -3.91. The molecule has 1 aliphatic heterocycles. The van der Waals surface area contributed by atoms with Gasteiger partial charge >= 0.3 is 13.8 Å². The van der Waals surface area contributed by atoms with Gasteiger partial charge < -0.3 is 47.0 Å². The number of carbonyl (C=O) groups excluding carboxylic acids is 1. The smallest absolute Gasteiger partial charge is 0.469 e. The Morgan fingerprint density at radius 1 is 1.32 bits per heavy atom. The third-order valence-electron chi connectivity index (χ3n) is 4.49. The number of ether oxygens (including phenoxy) is 1. The van der Waals surface area contributed by atoms with Crippen molar-refractivity contribution in [2.45, 2.75) is 43.4 Å². The van der Waals surface area contributed by atoms with Crippen LogP contribution < -0.4 is 22.8 Å². The van der Waals surface area contributed by atoms with Gasteiger partial charge in [-0.3, -0.25) is 28.5 Å². The molecule has 0 aliphatic carbocycles. The summed E-state index contributed by atoms with van der Waals surface area (Å²) in [6, 6.07) is -0.979. The lowest BCUT2D eigenvalue weighted by Gasteiger charge is -2.16. The number of nitrogens with two attached hydrogens (primary N) is 3. The van der Waals surface area contributed by atoms with E-state index in [0.717, 1.165) is 0 Å². The number of hydrogen-bond acceptors (Lipinski definition) is 12. The number of aromatic amines is 1. The lowest BCUT2D eigenvalue weighted by atomic mass is 10.1. The van der Waals surface area contributed by atoms with Gasteiger partial charge in [0.05, 0.1) is 12.9 Å². The first kappa shape index (κ1) is 27.3. The van der Waals surface area contributed by atoms with E-state index in [1.165, 1.54) is 10.9 Å². The van der Waals surface area contributed by atoms with Gasteiger partial charge in [0, 0.05) is 6.42 Å². The second-order valence-electron chi connectivity index (χ2n) is 7.06. The Labute approximate surface area is 189 Å². The van der Waals surface area contributed by atoms with Crippen LogP contribution in [-0.2, 0) is 23.4 Å². The summed E-state index contributed by atoms with van der Waals surface area (Å²) >= 11 is 0. The molecule has 19 heteroatoms. The fourth-order valence-electron chi connectivity index (χ4n) is 2.82. The number of anilines is 1.